The standard InChI is InChI=1S/C19H22ClFN2O2.ClH/c1-23(18(24)11-17(12-22)25-2)19(13-3-7-15(20)8-4-13)14-5-9-16(21)10-6-14;/h3-10,17,19H,11-12,22H2,1-2H3;1H. The number of nitrogens with two attached hydrogens (primary N) is 1. The summed E-state index contributed by atoms with van der Waals surface area (Å²) in [5.41, 5.74) is 7.30. The van der Waals surface area contributed by atoms with Crippen LogP contribution in [0.4, 0.5) is 4.39 Å². The number of carbonyl (C=O) groups excluding carboxylic acids is 1. The molecular weight excluding hydrogens is 378 g/mol. The third-order valence-corrected chi connectivity index (χ3v) is 4.40. The van der Waals surface area contributed by atoms with Crippen LogP contribution in [0.25, 0.3) is 0 Å². The molecule has 0 bridgehead atoms. The molecule has 26 heavy (non-hydrogen) atoms. The summed E-state index contributed by atoms with van der Waals surface area (Å²) in [5, 5.41) is 0.609. The lowest BCUT2D eigenvalue weighted by Crippen LogP contribution is -2.36. The smallest absolute Gasteiger partial charge is 0.225 e. The number of amides is 1. The van der Waals surface area contributed by atoms with Crippen LogP contribution in [0.2, 0.25) is 5.02 Å². The zero-order valence-corrected chi connectivity index (χ0v) is 16.3. The van der Waals surface area contributed by atoms with Gasteiger partial charge in [-0.25, -0.2) is 4.39 Å². The van der Waals surface area contributed by atoms with Crippen molar-refractivity contribution in [2.24, 2.45) is 5.73 Å². The summed E-state index contributed by atoms with van der Waals surface area (Å²) in [7, 11) is 3.25. The van der Waals surface area contributed by atoms with Crippen molar-refractivity contribution in [3.05, 3.63) is 70.5 Å². The van der Waals surface area contributed by atoms with E-state index < -0.39 is 0 Å². The number of hydrogen-bond donors (Lipinski definition) is 1. The lowest BCUT2D eigenvalue weighted by atomic mass is 9.97. The molecule has 0 fully saturated rings. The number of methoxy groups -OCH3 is 1. The number of rotatable bonds is 7. The van der Waals surface area contributed by atoms with E-state index in [1.807, 2.05) is 12.1 Å². The van der Waals surface area contributed by atoms with Crippen molar-refractivity contribution >= 4 is 29.9 Å². The summed E-state index contributed by atoms with van der Waals surface area (Å²) in [6.07, 6.45) is -0.163. The summed E-state index contributed by atoms with van der Waals surface area (Å²) < 4.78 is 18.5. The van der Waals surface area contributed by atoms with Gasteiger partial charge in [-0.1, -0.05) is 35.9 Å². The third-order valence-electron chi connectivity index (χ3n) is 4.15. The molecule has 0 aromatic heterocycles. The fraction of sp³-hybridized carbons (Fsp3) is 0.316. The molecule has 7 heteroatoms. The molecule has 2 unspecified atom stereocenters. The van der Waals surface area contributed by atoms with Crippen molar-refractivity contribution in [2.75, 3.05) is 20.7 Å². The van der Waals surface area contributed by atoms with E-state index in [0.29, 0.717) is 5.02 Å². The molecule has 2 rings (SSSR count). The minimum absolute atomic E-state index is 0. The van der Waals surface area contributed by atoms with Crippen LogP contribution in [0.15, 0.2) is 48.5 Å². The van der Waals surface area contributed by atoms with Crippen LogP contribution in [0.5, 0.6) is 0 Å². The van der Waals surface area contributed by atoms with Crippen LogP contribution >= 0.6 is 24.0 Å². The third kappa shape index (κ3) is 5.68. The monoisotopic (exact) mass is 400 g/mol. The highest BCUT2D eigenvalue weighted by atomic mass is 35.5. The van der Waals surface area contributed by atoms with Gasteiger partial charge >= 0.3 is 0 Å². The Morgan fingerprint density at radius 2 is 1.65 bits per heavy atom. The van der Waals surface area contributed by atoms with Crippen LogP contribution in [0.3, 0.4) is 0 Å². The molecule has 0 aliphatic carbocycles. The minimum atomic E-state index is -0.361. The molecule has 2 aromatic rings. The summed E-state index contributed by atoms with van der Waals surface area (Å²) >= 11 is 5.97. The first-order valence-electron chi connectivity index (χ1n) is 7.95. The Morgan fingerprint density at radius 1 is 1.15 bits per heavy atom. The van der Waals surface area contributed by atoms with E-state index >= 15 is 0 Å². The first-order valence-corrected chi connectivity index (χ1v) is 8.33. The second kappa shape index (κ2) is 10.5. The van der Waals surface area contributed by atoms with Gasteiger partial charge in [0.1, 0.15) is 5.82 Å². The normalized spacial score (nSPS) is 12.8. The first-order chi connectivity index (χ1) is 12.0. The molecule has 0 radical (unpaired) electrons. The SMILES string of the molecule is COC(CN)CC(=O)N(C)C(c1ccc(F)cc1)c1ccc(Cl)cc1.Cl. The van der Waals surface area contributed by atoms with E-state index in [-0.39, 0.29) is 49.2 Å². The molecule has 142 valence electrons. The van der Waals surface area contributed by atoms with Crippen molar-refractivity contribution in [3.8, 4) is 0 Å². The highest BCUT2D eigenvalue weighted by Gasteiger charge is 2.25. The number of nitrogens with zero attached hydrogens (tertiary/aromatic N) is 1. The van der Waals surface area contributed by atoms with Gasteiger partial charge in [0.2, 0.25) is 5.91 Å². The predicted molar refractivity (Wildman–Crippen MR) is 104 cm³/mol. The molecular formula is C19H23Cl2FN2O2. The highest BCUT2D eigenvalue weighted by Crippen LogP contribution is 2.29. The van der Waals surface area contributed by atoms with E-state index in [1.54, 1.807) is 36.2 Å². The number of benzene rings is 2. The van der Waals surface area contributed by atoms with E-state index in [2.05, 4.69) is 0 Å². The van der Waals surface area contributed by atoms with Crippen LogP contribution < -0.4 is 5.73 Å². The molecule has 0 saturated carbocycles. The van der Waals surface area contributed by atoms with Crippen molar-refractivity contribution in [3.63, 3.8) is 0 Å². The second-order valence-corrected chi connectivity index (χ2v) is 6.24. The van der Waals surface area contributed by atoms with Gasteiger partial charge in [0.05, 0.1) is 18.6 Å². The van der Waals surface area contributed by atoms with E-state index in [0.717, 1.165) is 11.1 Å². The molecule has 0 aliphatic heterocycles. The van der Waals surface area contributed by atoms with Gasteiger partial charge < -0.3 is 15.4 Å². The van der Waals surface area contributed by atoms with Crippen LogP contribution in [-0.2, 0) is 9.53 Å². The number of carbonyl (C=O) groups is 1. The van der Waals surface area contributed by atoms with Gasteiger partial charge in [0.15, 0.2) is 0 Å². The Balaban J connectivity index is 0.00000338. The maximum Gasteiger partial charge on any atom is 0.225 e. The second-order valence-electron chi connectivity index (χ2n) is 5.81. The largest absolute Gasteiger partial charge is 0.380 e. The van der Waals surface area contributed by atoms with Crippen molar-refractivity contribution in [2.45, 2.75) is 18.6 Å². The summed E-state index contributed by atoms with van der Waals surface area (Å²) in [4.78, 5) is 14.3. The van der Waals surface area contributed by atoms with Crippen molar-refractivity contribution in [1.29, 1.82) is 0 Å². The highest BCUT2D eigenvalue weighted by molar-refractivity contribution is 6.30. The molecule has 4 nitrogen and oxygen atoms in total. The van der Waals surface area contributed by atoms with Crippen LogP contribution in [-0.4, -0.2) is 37.6 Å². The molecule has 0 spiro atoms. The Labute approximate surface area is 164 Å². The average Bonchev–Trinajstić information content (AvgIpc) is 2.62. The van der Waals surface area contributed by atoms with Gasteiger partial charge in [0.25, 0.3) is 0 Å². The predicted octanol–water partition coefficient (Wildman–Crippen LogP) is 3.81. The van der Waals surface area contributed by atoms with Gasteiger partial charge in [-0.05, 0) is 35.4 Å². The van der Waals surface area contributed by atoms with Crippen LogP contribution in [0.1, 0.15) is 23.6 Å². The zero-order chi connectivity index (χ0) is 18.4. The lowest BCUT2D eigenvalue weighted by molar-refractivity contribution is -0.133. The molecule has 0 saturated heterocycles. The fourth-order valence-corrected chi connectivity index (χ4v) is 2.80. The van der Waals surface area contributed by atoms with E-state index in [9.17, 15) is 9.18 Å². The van der Waals surface area contributed by atoms with Gasteiger partial charge in [-0.3, -0.25) is 4.79 Å². The van der Waals surface area contributed by atoms with Gasteiger partial charge in [-0.2, -0.15) is 0 Å². The quantitative estimate of drug-likeness (QED) is 0.768. The summed E-state index contributed by atoms with van der Waals surface area (Å²) in [6, 6.07) is 13.0. The molecule has 2 N–H and O–H groups in total. The zero-order valence-electron chi connectivity index (χ0n) is 14.7. The van der Waals surface area contributed by atoms with Gasteiger partial charge in [-0.15, -0.1) is 12.4 Å². The first kappa shape index (κ1) is 22.4. The average molecular weight is 401 g/mol. The maximum atomic E-state index is 13.3. The molecule has 2 aromatic carbocycles. The van der Waals surface area contributed by atoms with Crippen LogP contribution in [0, 0.1) is 5.82 Å². The number of ether oxygens (including phenoxy) is 1. The van der Waals surface area contributed by atoms with E-state index in [4.69, 9.17) is 22.1 Å². The molecule has 0 aliphatic rings. The minimum Gasteiger partial charge on any atom is -0.380 e. The molecule has 2 atom stereocenters. The summed E-state index contributed by atoms with van der Waals surface area (Å²) in [5.74, 6) is -0.434. The van der Waals surface area contributed by atoms with Crippen molar-refractivity contribution < 1.29 is 13.9 Å². The maximum absolute atomic E-state index is 13.3. The molecule has 0 heterocycles. The number of halogens is 3. The Morgan fingerprint density at radius 3 is 2.12 bits per heavy atom. The van der Waals surface area contributed by atoms with Gasteiger partial charge in [0, 0.05) is 25.7 Å². The van der Waals surface area contributed by atoms with E-state index in [1.165, 1.54) is 19.2 Å². The Kier molecular flexibility index (Phi) is 9.02. The lowest BCUT2D eigenvalue weighted by Gasteiger charge is -2.30. The molecule has 1 amide bonds. The topological polar surface area (TPSA) is 55.6 Å². The Hall–Kier alpha value is -1.66. The Bertz CT molecular complexity index is 646. The fourth-order valence-electron chi connectivity index (χ4n) is 2.68. The summed E-state index contributed by atoms with van der Waals surface area (Å²) in [6.45, 7) is 0.262. The van der Waals surface area contributed by atoms with Crippen molar-refractivity contribution in [1.82, 2.24) is 4.90 Å². The number of hydrogen-bond acceptors (Lipinski definition) is 3.